The largest absolute Gasteiger partial charge is 0.465 e. The predicted octanol–water partition coefficient (Wildman–Crippen LogP) is 5.30. The zero-order valence-electron chi connectivity index (χ0n) is 36.2. The quantitative estimate of drug-likeness (QED) is 0.114. The van der Waals surface area contributed by atoms with Crippen molar-refractivity contribution in [3.63, 3.8) is 0 Å². The van der Waals surface area contributed by atoms with Crippen LogP contribution in [0.25, 0.3) is 44.4 Å². The molecular formula is C47H54N8O10. The SMILES string of the molecule is COC(=O)NC(C(=O)N1CCOC[C@H]1c1nc(-c2ccc3cc(-c4ccc(-c5c[nH]c([C@@H]6COCCN6C(=O)C(NC(=O)O)C6CCOCC6)n5)cc4)ccc3c2)c[nH]1)C1CCOCC1. The number of morpholine rings is 2. The highest BCUT2D eigenvalue weighted by molar-refractivity contribution is 5.91. The fourth-order valence-electron chi connectivity index (χ4n) is 9.45. The van der Waals surface area contributed by atoms with Gasteiger partial charge in [0, 0.05) is 63.0 Å². The first-order valence-electron chi connectivity index (χ1n) is 22.3. The molecule has 4 aliphatic heterocycles. The lowest BCUT2D eigenvalue weighted by Gasteiger charge is -2.39. The highest BCUT2D eigenvalue weighted by Crippen LogP contribution is 2.33. The Morgan fingerprint density at radius 3 is 1.62 bits per heavy atom. The van der Waals surface area contributed by atoms with Gasteiger partial charge in [-0.3, -0.25) is 9.59 Å². The number of H-pyrrole nitrogens is 2. The number of benzene rings is 3. The molecule has 2 aromatic heterocycles. The lowest BCUT2D eigenvalue weighted by Crippen LogP contribution is -2.56. The third kappa shape index (κ3) is 9.71. The van der Waals surface area contributed by atoms with E-state index in [-0.39, 0.29) is 36.9 Å². The number of carbonyl (C=O) groups excluding carboxylic acids is 3. The van der Waals surface area contributed by atoms with Crippen LogP contribution < -0.4 is 10.6 Å². The Balaban J connectivity index is 0.875. The molecule has 5 N–H and O–H groups in total. The third-order valence-electron chi connectivity index (χ3n) is 13.0. The number of hydrogen-bond donors (Lipinski definition) is 5. The molecule has 342 valence electrons. The number of nitrogens with zero attached hydrogens (tertiary/aromatic N) is 4. The molecule has 4 atom stereocenters. The second kappa shape index (κ2) is 19.8. The number of alkyl carbamates (subject to hydrolysis) is 1. The minimum atomic E-state index is -1.23. The van der Waals surface area contributed by atoms with Gasteiger partial charge in [-0.25, -0.2) is 19.6 Å². The first-order chi connectivity index (χ1) is 31.7. The number of aromatic nitrogens is 4. The van der Waals surface area contributed by atoms with E-state index in [0.717, 1.165) is 38.7 Å². The van der Waals surface area contributed by atoms with E-state index < -0.39 is 36.4 Å². The molecule has 0 radical (unpaired) electrons. The monoisotopic (exact) mass is 890 g/mol. The van der Waals surface area contributed by atoms with Gasteiger partial charge in [-0.05, 0) is 71.6 Å². The number of rotatable bonds is 11. The van der Waals surface area contributed by atoms with Crippen LogP contribution >= 0.6 is 0 Å². The Kier molecular flexibility index (Phi) is 13.4. The van der Waals surface area contributed by atoms with Crippen LogP contribution in [0.2, 0.25) is 0 Å². The maximum Gasteiger partial charge on any atom is 0.407 e. The van der Waals surface area contributed by atoms with E-state index in [1.807, 2.05) is 30.6 Å². The zero-order valence-corrected chi connectivity index (χ0v) is 36.2. The fourth-order valence-corrected chi connectivity index (χ4v) is 9.45. The van der Waals surface area contributed by atoms with Crippen molar-refractivity contribution >= 4 is 34.8 Å². The van der Waals surface area contributed by atoms with Crippen molar-refractivity contribution in [3.8, 4) is 33.6 Å². The van der Waals surface area contributed by atoms with Crippen LogP contribution in [-0.2, 0) is 33.3 Å². The third-order valence-corrected chi connectivity index (χ3v) is 13.0. The van der Waals surface area contributed by atoms with E-state index in [4.69, 9.17) is 33.7 Å². The zero-order chi connectivity index (χ0) is 44.9. The van der Waals surface area contributed by atoms with E-state index in [2.05, 4.69) is 63.1 Å². The van der Waals surface area contributed by atoms with Crippen molar-refractivity contribution in [3.05, 3.63) is 84.7 Å². The van der Waals surface area contributed by atoms with Crippen LogP contribution in [0.1, 0.15) is 49.4 Å². The van der Waals surface area contributed by atoms with Crippen LogP contribution in [0, 0.1) is 11.8 Å². The molecule has 6 heterocycles. The summed E-state index contributed by atoms with van der Waals surface area (Å²) in [4.78, 5) is 71.9. The van der Waals surface area contributed by atoms with Crippen LogP contribution in [-0.4, -0.2) is 144 Å². The molecule has 3 aromatic carbocycles. The molecule has 18 heteroatoms. The van der Waals surface area contributed by atoms with Crippen molar-refractivity contribution in [1.82, 2.24) is 40.4 Å². The summed E-state index contributed by atoms with van der Waals surface area (Å²) >= 11 is 0. The molecule has 0 aliphatic carbocycles. The summed E-state index contributed by atoms with van der Waals surface area (Å²) in [7, 11) is 1.29. The number of methoxy groups -OCH3 is 1. The van der Waals surface area contributed by atoms with Crippen LogP contribution in [0.3, 0.4) is 0 Å². The second-order valence-electron chi connectivity index (χ2n) is 16.9. The van der Waals surface area contributed by atoms with E-state index in [1.165, 1.54) is 7.11 Å². The minimum absolute atomic E-state index is 0.0796. The molecule has 4 aliphatic rings. The molecule has 4 amide bonds. The summed E-state index contributed by atoms with van der Waals surface area (Å²) in [5, 5.41) is 17.0. The smallest absolute Gasteiger partial charge is 0.407 e. The van der Waals surface area contributed by atoms with Gasteiger partial charge in [0.2, 0.25) is 11.8 Å². The first-order valence-corrected chi connectivity index (χ1v) is 22.3. The number of carboxylic acid groups (broad SMARTS) is 1. The highest BCUT2D eigenvalue weighted by atomic mass is 16.5. The molecule has 2 unspecified atom stereocenters. The van der Waals surface area contributed by atoms with Gasteiger partial charge in [0.25, 0.3) is 0 Å². The van der Waals surface area contributed by atoms with Gasteiger partial charge in [0.1, 0.15) is 35.8 Å². The van der Waals surface area contributed by atoms with Gasteiger partial charge in [-0.15, -0.1) is 0 Å². The average molecular weight is 891 g/mol. The average Bonchev–Trinajstić information content (AvgIpc) is 4.06. The van der Waals surface area contributed by atoms with Gasteiger partial charge in [0.05, 0.1) is 44.9 Å². The number of amides is 4. The molecule has 65 heavy (non-hydrogen) atoms. The Bertz CT molecular complexity index is 2480. The van der Waals surface area contributed by atoms with Gasteiger partial charge >= 0.3 is 12.2 Å². The van der Waals surface area contributed by atoms with Gasteiger partial charge < -0.3 is 59.2 Å². The maximum atomic E-state index is 14.1. The fraction of sp³-hybridized carbons (Fsp3) is 0.447. The Hall–Kier alpha value is -6.34. The van der Waals surface area contributed by atoms with Crippen LogP contribution in [0.15, 0.2) is 73.1 Å². The molecule has 4 saturated heterocycles. The molecule has 0 bridgehead atoms. The number of carbonyl (C=O) groups is 4. The highest BCUT2D eigenvalue weighted by Gasteiger charge is 2.41. The Morgan fingerprint density at radius 1 is 0.631 bits per heavy atom. The van der Waals surface area contributed by atoms with Gasteiger partial charge in [0.15, 0.2) is 0 Å². The topological polar surface area (TPSA) is 223 Å². The molecule has 0 spiro atoms. The van der Waals surface area contributed by atoms with Crippen molar-refractivity contribution in [1.29, 1.82) is 0 Å². The Labute approximate surface area is 375 Å². The minimum Gasteiger partial charge on any atom is -0.465 e. The van der Waals surface area contributed by atoms with Crippen LogP contribution in [0.5, 0.6) is 0 Å². The normalized spacial score (nSPS) is 20.8. The number of imidazole rings is 2. The summed E-state index contributed by atoms with van der Waals surface area (Å²) in [5.74, 6) is 0.463. The molecule has 5 aromatic rings. The van der Waals surface area contributed by atoms with Crippen molar-refractivity contribution in [2.75, 3.05) is 73.1 Å². The van der Waals surface area contributed by atoms with Crippen molar-refractivity contribution in [2.45, 2.75) is 49.9 Å². The number of hydrogen-bond acceptors (Lipinski definition) is 11. The molecule has 4 fully saturated rings. The first kappa shape index (κ1) is 43.9. The summed E-state index contributed by atoms with van der Waals surface area (Å²) in [5.41, 5.74) is 5.34. The number of aromatic amines is 2. The van der Waals surface area contributed by atoms with E-state index in [9.17, 15) is 24.3 Å². The summed E-state index contributed by atoms with van der Waals surface area (Å²) in [6.07, 6.45) is 4.29. The van der Waals surface area contributed by atoms with Gasteiger partial charge in [-0.1, -0.05) is 48.5 Å². The summed E-state index contributed by atoms with van der Waals surface area (Å²) in [6, 6.07) is 18.1. The van der Waals surface area contributed by atoms with E-state index in [0.29, 0.717) is 95.8 Å². The van der Waals surface area contributed by atoms with Crippen molar-refractivity contribution < 1.29 is 48.0 Å². The van der Waals surface area contributed by atoms with E-state index >= 15 is 0 Å². The van der Waals surface area contributed by atoms with Crippen molar-refractivity contribution in [2.24, 2.45) is 11.8 Å². The lowest BCUT2D eigenvalue weighted by atomic mass is 9.90. The second-order valence-corrected chi connectivity index (χ2v) is 16.9. The predicted molar refractivity (Wildman–Crippen MR) is 236 cm³/mol. The lowest BCUT2D eigenvalue weighted by molar-refractivity contribution is -0.145. The van der Waals surface area contributed by atoms with Gasteiger partial charge in [-0.2, -0.15) is 0 Å². The molecule has 18 nitrogen and oxygen atoms in total. The van der Waals surface area contributed by atoms with Crippen LogP contribution in [0.4, 0.5) is 9.59 Å². The Morgan fingerprint density at radius 2 is 1.09 bits per heavy atom. The molecule has 9 rings (SSSR count). The number of ether oxygens (including phenoxy) is 5. The van der Waals surface area contributed by atoms with E-state index in [1.54, 1.807) is 9.80 Å². The number of nitrogens with one attached hydrogen (secondary N) is 4. The summed E-state index contributed by atoms with van der Waals surface area (Å²) < 4.78 is 27.5. The number of fused-ring (bicyclic) bond motifs is 1. The maximum absolute atomic E-state index is 14.1. The molecule has 0 saturated carbocycles. The summed E-state index contributed by atoms with van der Waals surface area (Å²) in [6.45, 7) is 3.96. The standard InChI is InChI=1S/C47H54N8O10/c1-61-47(60)53-41(31-12-18-63-19-13-31)45(57)55-15-21-65-27-39(55)43-49-25-37(51-43)35-9-8-33-22-32(6-7-34(33)23-35)28-2-4-29(5-3-28)36-24-48-42(50-36)38-26-64-20-14-54(38)44(56)40(52-46(58)59)30-10-16-62-17-11-30/h2-9,22-25,30-31,38-41,52H,10-21,26-27H2,1H3,(H,48,50)(H,49,51)(H,53,60)(H,58,59)/t38-,39-,40?,41?/m0/s1. The molecular weight excluding hydrogens is 837 g/mol.